The van der Waals surface area contributed by atoms with Gasteiger partial charge in [-0.15, -0.1) is 0 Å². The third kappa shape index (κ3) is 3.11. The Morgan fingerprint density at radius 1 is 1.26 bits per heavy atom. The summed E-state index contributed by atoms with van der Waals surface area (Å²) in [6.07, 6.45) is 1.46. The summed E-state index contributed by atoms with van der Waals surface area (Å²) in [7, 11) is 0. The molecule has 1 aliphatic heterocycles. The highest BCUT2D eigenvalue weighted by atomic mass is 16.5. The molecule has 1 aliphatic rings. The molecule has 0 aliphatic carbocycles. The molecule has 6 heteroatoms. The predicted molar refractivity (Wildman–Crippen MR) is 84.4 cm³/mol. The van der Waals surface area contributed by atoms with Crippen molar-refractivity contribution < 1.29 is 14.1 Å². The highest BCUT2D eigenvalue weighted by Gasteiger charge is 2.33. The molecular formula is C17H19N3O3. The van der Waals surface area contributed by atoms with Gasteiger partial charge in [-0.3, -0.25) is 9.59 Å². The maximum absolute atomic E-state index is 12.7. The Hall–Kier alpha value is -2.63. The van der Waals surface area contributed by atoms with Crippen molar-refractivity contribution in [3.63, 3.8) is 0 Å². The highest BCUT2D eigenvalue weighted by molar-refractivity contribution is 5.93. The van der Waals surface area contributed by atoms with Crippen LogP contribution in [-0.2, 0) is 4.79 Å². The first-order valence-corrected chi connectivity index (χ1v) is 7.68. The standard InChI is InChI=1S/C17H19N3O3/c1-11-7-8-13(16(18)21)10-20(11)17(22)15-9-14(19-23-15)12-5-3-2-4-6-12/h2-6,9,11,13H,7-8,10H2,1H3,(H2,18,21). The van der Waals surface area contributed by atoms with Crippen molar-refractivity contribution in [2.45, 2.75) is 25.8 Å². The lowest BCUT2D eigenvalue weighted by Crippen LogP contribution is -2.48. The molecule has 1 aromatic carbocycles. The monoisotopic (exact) mass is 313 g/mol. The lowest BCUT2D eigenvalue weighted by molar-refractivity contribution is -0.123. The largest absolute Gasteiger partial charge is 0.369 e. The van der Waals surface area contributed by atoms with Gasteiger partial charge in [0.25, 0.3) is 5.91 Å². The molecule has 2 N–H and O–H groups in total. The zero-order valence-electron chi connectivity index (χ0n) is 12.9. The molecule has 6 nitrogen and oxygen atoms in total. The maximum atomic E-state index is 12.7. The second-order valence-electron chi connectivity index (χ2n) is 5.93. The van der Waals surface area contributed by atoms with Crippen molar-refractivity contribution >= 4 is 11.8 Å². The molecule has 0 saturated carbocycles. The van der Waals surface area contributed by atoms with Crippen LogP contribution in [0.15, 0.2) is 40.9 Å². The Kier molecular flexibility index (Phi) is 4.14. The van der Waals surface area contributed by atoms with Gasteiger partial charge < -0.3 is 15.2 Å². The van der Waals surface area contributed by atoms with Crippen LogP contribution in [-0.4, -0.2) is 34.5 Å². The van der Waals surface area contributed by atoms with Crippen molar-refractivity contribution in [2.24, 2.45) is 11.7 Å². The van der Waals surface area contributed by atoms with Gasteiger partial charge in [-0.05, 0) is 19.8 Å². The molecule has 1 saturated heterocycles. The fourth-order valence-corrected chi connectivity index (χ4v) is 2.88. The van der Waals surface area contributed by atoms with Crippen LogP contribution in [0.5, 0.6) is 0 Å². The third-order valence-corrected chi connectivity index (χ3v) is 4.34. The average Bonchev–Trinajstić information content (AvgIpc) is 3.05. The number of hydrogen-bond donors (Lipinski definition) is 1. The van der Waals surface area contributed by atoms with Crippen LogP contribution < -0.4 is 5.73 Å². The molecule has 2 aromatic rings. The van der Waals surface area contributed by atoms with E-state index in [-0.39, 0.29) is 29.5 Å². The zero-order valence-corrected chi connectivity index (χ0v) is 12.9. The van der Waals surface area contributed by atoms with Crippen molar-refractivity contribution in [1.29, 1.82) is 0 Å². The molecule has 2 heterocycles. The minimum atomic E-state index is -0.364. The molecule has 0 bridgehead atoms. The van der Waals surface area contributed by atoms with Gasteiger partial charge in [0.05, 0.1) is 5.92 Å². The molecule has 0 spiro atoms. The van der Waals surface area contributed by atoms with Gasteiger partial charge in [-0.2, -0.15) is 0 Å². The minimum absolute atomic E-state index is 0.0448. The van der Waals surface area contributed by atoms with Gasteiger partial charge in [-0.25, -0.2) is 0 Å². The Morgan fingerprint density at radius 2 is 2.00 bits per heavy atom. The van der Waals surface area contributed by atoms with E-state index < -0.39 is 0 Å². The van der Waals surface area contributed by atoms with E-state index in [4.69, 9.17) is 10.3 Å². The number of nitrogens with zero attached hydrogens (tertiary/aromatic N) is 2. The van der Waals surface area contributed by atoms with Crippen molar-refractivity contribution in [3.05, 3.63) is 42.2 Å². The van der Waals surface area contributed by atoms with Crippen molar-refractivity contribution in [3.8, 4) is 11.3 Å². The van der Waals surface area contributed by atoms with Gasteiger partial charge in [0.1, 0.15) is 5.69 Å². The van der Waals surface area contributed by atoms with E-state index >= 15 is 0 Å². The van der Waals surface area contributed by atoms with E-state index in [9.17, 15) is 9.59 Å². The van der Waals surface area contributed by atoms with Gasteiger partial charge in [-0.1, -0.05) is 35.5 Å². The van der Waals surface area contributed by atoms with Crippen LogP contribution >= 0.6 is 0 Å². The van der Waals surface area contributed by atoms with E-state index in [1.165, 1.54) is 0 Å². The molecule has 1 fully saturated rings. The van der Waals surface area contributed by atoms with Crippen LogP contribution in [0.1, 0.15) is 30.3 Å². The van der Waals surface area contributed by atoms with E-state index in [1.54, 1.807) is 11.0 Å². The lowest BCUT2D eigenvalue weighted by atomic mass is 9.92. The zero-order chi connectivity index (χ0) is 16.4. The molecule has 120 valence electrons. The van der Waals surface area contributed by atoms with Gasteiger partial charge >= 0.3 is 0 Å². The smallest absolute Gasteiger partial charge is 0.292 e. The summed E-state index contributed by atoms with van der Waals surface area (Å²) in [5.74, 6) is -0.733. The number of hydrogen-bond acceptors (Lipinski definition) is 4. The van der Waals surface area contributed by atoms with Crippen LogP contribution in [0, 0.1) is 5.92 Å². The molecule has 1 aromatic heterocycles. The number of aromatic nitrogens is 1. The minimum Gasteiger partial charge on any atom is -0.369 e. The average molecular weight is 313 g/mol. The third-order valence-electron chi connectivity index (χ3n) is 4.34. The summed E-state index contributed by atoms with van der Waals surface area (Å²) in [6.45, 7) is 2.29. The number of primary amides is 1. The first kappa shape index (κ1) is 15.3. The van der Waals surface area contributed by atoms with Crippen LogP contribution in [0.3, 0.4) is 0 Å². The second kappa shape index (κ2) is 6.24. The van der Waals surface area contributed by atoms with Gasteiger partial charge in [0, 0.05) is 24.2 Å². The fraction of sp³-hybridized carbons (Fsp3) is 0.353. The Bertz CT molecular complexity index is 711. The van der Waals surface area contributed by atoms with Gasteiger partial charge in [0.15, 0.2) is 0 Å². The first-order valence-electron chi connectivity index (χ1n) is 7.68. The van der Waals surface area contributed by atoms with E-state index in [0.29, 0.717) is 18.7 Å². The van der Waals surface area contributed by atoms with Crippen LogP contribution in [0.4, 0.5) is 0 Å². The second-order valence-corrected chi connectivity index (χ2v) is 5.93. The van der Waals surface area contributed by atoms with Crippen molar-refractivity contribution in [1.82, 2.24) is 10.1 Å². The van der Waals surface area contributed by atoms with E-state index in [2.05, 4.69) is 5.16 Å². The molecule has 2 atom stereocenters. The maximum Gasteiger partial charge on any atom is 0.292 e. The van der Waals surface area contributed by atoms with Gasteiger partial charge in [0.2, 0.25) is 11.7 Å². The molecule has 0 radical (unpaired) electrons. The summed E-state index contributed by atoms with van der Waals surface area (Å²) in [5.41, 5.74) is 6.88. The normalized spacial score (nSPS) is 21.2. The van der Waals surface area contributed by atoms with Crippen LogP contribution in [0.2, 0.25) is 0 Å². The molecule has 2 unspecified atom stereocenters. The molecule has 3 rings (SSSR count). The summed E-state index contributed by atoms with van der Waals surface area (Å²) >= 11 is 0. The molecule has 2 amide bonds. The number of rotatable bonds is 3. The molecular weight excluding hydrogens is 294 g/mol. The Morgan fingerprint density at radius 3 is 2.70 bits per heavy atom. The van der Waals surface area contributed by atoms with E-state index in [1.807, 2.05) is 37.3 Å². The lowest BCUT2D eigenvalue weighted by Gasteiger charge is -2.36. The topological polar surface area (TPSA) is 89.4 Å². The number of piperidine rings is 1. The number of likely N-dealkylation sites (tertiary alicyclic amines) is 1. The van der Waals surface area contributed by atoms with E-state index in [0.717, 1.165) is 12.0 Å². The number of carbonyl (C=O) groups excluding carboxylic acids is 2. The molecule has 23 heavy (non-hydrogen) atoms. The number of amides is 2. The van der Waals surface area contributed by atoms with Crippen LogP contribution in [0.25, 0.3) is 11.3 Å². The summed E-state index contributed by atoms with van der Waals surface area (Å²) in [4.78, 5) is 25.7. The number of benzene rings is 1. The quantitative estimate of drug-likeness (QED) is 0.939. The Balaban J connectivity index is 1.80. The fourth-order valence-electron chi connectivity index (χ4n) is 2.88. The SMILES string of the molecule is CC1CCC(C(N)=O)CN1C(=O)c1cc(-c2ccccc2)no1. The van der Waals surface area contributed by atoms with Crippen molar-refractivity contribution in [2.75, 3.05) is 6.54 Å². The predicted octanol–water partition coefficient (Wildman–Crippen LogP) is 2.07. The summed E-state index contributed by atoms with van der Waals surface area (Å²) in [5, 5.41) is 3.97. The first-order chi connectivity index (χ1) is 11.1. The number of nitrogens with two attached hydrogens (primary N) is 1. The highest BCUT2D eigenvalue weighted by Crippen LogP contribution is 2.25. The Labute approximate surface area is 134 Å². The number of carbonyl (C=O) groups is 2. The summed E-state index contributed by atoms with van der Waals surface area (Å²) in [6, 6.07) is 11.2. The summed E-state index contributed by atoms with van der Waals surface area (Å²) < 4.78 is 5.22.